The number of carbonyl (C=O) groups excluding carboxylic acids is 2. The molecule has 0 saturated carbocycles. The fraction of sp³-hybridized carbons (Fsp3) is 0.458. The number of carbonyl (C=O) groups is 2. The summed E-state index contributed by atoms with van der Waals surface area (Å²) in [6, 6.07) is 9.69. The molecule has 0 fully saturated rings. The molecule has 0 unspecified atom stereocenters. The normalized spacial score (nSPS) is 14.1. The molecule has 1 aromatic carbocycles. The van der Waals surface area contributed by atoms with Crippen LogP contribution in [0, 0.1) is 18.8 Å². The highest BCUT2D eigenvalue weighted by molar-refractivity contribution is 5.99. The lowest BCUT2D eigenvalue weighted by molar-refractivity contribution is -0.154. The summed E-state index contributed by atoms with van der Waals surface area (Å²) < 4.78 is 10.7. The molecule has 0 bridgehead atoms. The number of benzene rings is 1. The van der Waals surface area contributed by atoms with Crippen molar-refractivity contribution < 1.29 is 24.2 Å². The van der Waals surface area contributed by atoms with Gasteiger partial charge in [0.15, 0.2) is 23.0 Å². The van der Waals surface area contributed by atoms with E-state index in [1.807, 2.05) is 26.0 Å². The number of hydrogen-bond donors (Lipinski definition) is 1. The minimum absolute atomic E-state index is 0.0431. The Balaban J connectivity index is 2.06. The molecule has 6 nitrogen and oxygen atoms in total. The lowest BCUT2D eigenvalue weighted by Crippen LogP contribution is -2.29. The summed E-state index contributed by atoms with van der Waals surface area (Å²) >= 11 is 0. The molecule has 0 radical (unpaired) electrons. The number of Topliss-reactive ketones (excluding diaryl/α,β-unsaturated/α-hetero) is 1. The molecule has 0 aliphatic heterocycles. The summed E-state index contributed by atoms with van der Waals surface area (Å²) in [5, 5.41) is 10.1. The van der Waals surface area contributed by atoms with Gasteiger partial charge in [-0.1, -0.05) is 50.6 Å². The third-order valence-electron chi connectivity index (χ3n) is 5.25. The second kappa shape index (κ2) is 10.2. The smallest absolute Gasteiger partial charge is 0.309 e. The highest BCUT2D eigenvalue weighted by atomic mass is 16.5. The summed E-state index contributed by atoms with van der Waals surface area (Å²) in [5.74, 6) is -1.41. The highest BCUT2D eigenvalue weighted by Gasteiger charge is 2.29. The van der Waals surface area contributed by atoms with E-state index in [0.717, 1.165) is 5.56 Å². The second-order valence-electron chi connectivity index (χ2n) is 8.06. The van der Waals surface area contributed by atoms with Crippen LogP contribution in [-0.2, 0) is 9.53 Å². The van der Waals surface area contributed by atoms with Crippen molar-refractivity contribution in [3.63, 3.8) is 0 Å². The number of methoxy groups -OCH3 is 1. The molecule has 0 amide bonds. The first-order chi connectivity index (χ1) is 14.1. The van der Waals surface area contributed by atoms with Crippen molar-refractivity contribution in [2.24, 2.45) is 11.8 Å². The lowest BCUT2D eigenvalue weighted by Gasteiger charge is -2.28. The molecular weight excluding hydrogens is 382 g/mol. The van der Waals surface area contributed by atoms with Gasteiger partial charge < -0.3 is 14.6 Å². The van der Waals surface area contributed by atoms with Crippen LogP contribution in [0.1, 0.15) is 61.6 Å². The van der Waals surface area contributed by atoms with Crippen LogP contribution in [0.15, 0.2) is 36.5 Å². The van der Waals surface area contributed by atoms with Crippen LogP contribution < -0.4 is 4.74 Å². The van der Waals surface area contributed by atoms with Crippen molar-refractivity contribution in [3.8, 4) is 11.5 Å². The van der Waals surface area contributed by atoms with Gasteiger partial charge in [-0.05, 0) is 25.3 Å². The zero-order chi connectivity index (χ0) is 22.4. The third kappa shape index (κ3) is 5.59. The lowest BCUT2D eigenvalue weighted by atomic mass is 9.84. The fourth-order valence-electron chi connectivity index (χ4n) is 3.62. The first kappa shape index (κ1) is 23.4. The predicted molar refractivity (Wildman–Crippen MR) is 115 cm³/mol. The Morgan fingerprint density at radius 2 is 1.70 bits per heavy atom. The Hall–Kier alpha value is -2.89. The number of aromatic nitrogens is 1. The maximum atomic E-state index is 12.7. The summed E-state index contributed by atoms with van der Waals surface area (Å²) in [5.41, 5.74) is 2.18. The molecule has 1 aromatic heterocycles. The molecule has 2 rings (SSSR count). The molecule has 6 heteroatoms. The number of pyridine rings is 1. The van der Waals surface area contributed by atoms with E-state index >= 15 is 0 Å². The number of hydrogen-bond acceptors (Lipinski definition) is 6. The van der Waals surface area contributed by atoms with Gasteiger partial charge in [-0.25, -0.2) is 4.98 Å². The van der Waals surface area contributed by atoms with E-state index in [0.29, 0.717) is 0 Å². The number of esters is 1. The summed E-state index contributed by atoms with van der Waals surface area (Å²) in [6.45, 7) is 9.75. The SMILES string of the molecule is COc1ccnc(C(=O)C[C@@H](C)C(=O)O[C@@H](C)[C@H](c2ccc(C)cc2)C(C)C)c1O. The standard InChI is InChI=1S/C24H31NO5/c1-14(2)21(18-9-7-15(3)8-10-18)17(5)30-24(28)16(4)13-19(26)22-23(27)20(29-6)11-12-25-22/h7-12,14,16-17,21,27H,13H2,1-6H3/t16-,17+,21-/m1/s1. The number of aryl methyl sites for hydroxylation is 1. The Labute approximate surface area is 178 Å². The zero-order valence-electron chi connectivity index (χ0n) is 18.5. The maximum absolute atomic E-state index is 12.7. The van der Waals surface area contributed by atoms with Crippen LogP contribution >= 0.6 is 0 Å². The Morgan fingerprint density at radius 1 is 1.07 bits per heavy atom. The second-order valence-corrected chi connectivity index (χ2v) is 8.06. The number of rotatable bonds is 9. The molecule has 162 valence electrons. The molecule has 0 aliphatic carbocycles. The first-order valence-corrected chi connectivity index (χ1v) is 10.2. The van der Waals surface area contributed by atoms with Crippen LogP contribution in [0.25, 0.3) is 0 Å². The minimum Gasteiger partial charge on any atom is -0.503 e. The van der Waals surface area contributed by atoms with Crippen molar-refractivity contribution in [2.45, 2.75) is 53.1 Å². The average molecular weight is 414 g/mol. The van der Waals surface area contributed by atoms with Crippen LogP contribution in [0.3, 0.4) is 0 Å². The number of ketones is 1. The van der Waals surface area contributed by atoms with Crippen molar-refractivity contribution >= 4 is 11.8 Å². The van der Waals surface area contributed by atoms with E-state index in [2.05, 4.69) is 31.0 Å². The zero-order valence-corrected chi connectivity index (χ0v) is 18.5. The average Bonchev–Trinajstić information content (AvgIpc) is 2.69. The van der Waals surface area contributed by atoms with Crippen LogP contribution in [0.5, 0.6) is 11.5 Å². The molecule has 2 aromatic rings. The molecule has 1 heterocycles. The molecule has 1 N–H and O–H groups in total. The van der Waals surface area contributed by atoms with E-state index in [9.17, 15) is 14.7 Å². The maximum Gasteiger partial charge on any atom is 0.309 e. The van der Waals surface area contributed by atoms with E-state index in [1.165, 1.54) is 24.9 Å². The van der Waals surface area contributed by atoms with Crippen LogP contribution in [0.4, 0.5) is 0 Å². The Kier molecular flexibility index (Phi) is 7.98. The summed E-state index contributed by atoms with van der Waals surface area (Å²) in [6.07, 6.45) is 0.919. The number of aromatic hydroxyl groups is 1. The minimum atomic E-state index is -0.668. The monoisotopic (exact) mass is 413 g/mol. The van der Waals surface area contributed by atoms with E-state index in [1.54, 1.807) is 6.92 Å². The van der Waals surface area contributed by atoms with Gasteiger partial charge in [0.25, 0.3) is 0 Å². The molecule has 3 atom stereocenters. The van der Waals surface area contributed by atoms with Gasteiger partial charge in [-0.2, -0.15) is 0 Å². The quantitative estimate of drug-likeness (QED) is 0.474. The highest BCUT2D eigenvalue weighted by Crippen LogP contribution is 2.32. The van der Waals surface area contributed by atoms with Crippen LogP contribution in [0.2, 0.25) is 0 Å². The van der Waals surface area contributed by atoms with Crippen molar-refractivity contribution in [3.05, 3.63) is 53.3 Å². The van der Waals surface area contributed by atoms with Gasteiger partial charge in [0.05, 0.1) is 13.0 Å². The van der Waals surface area contributed by atoms with Gasteiger partial charge in [0.2, 0.25) is 0 Å². The molecule has 0 saturated heterocycles. The van der Waals surface area contributed by atoms with Gasteiger partial charge in [-0.15, -0.1) is 0 Å². The Morgan fingerprint density at radius 3 is 2.27 bits per heavy atom. The summed E-state index contributed by atoms with van der Waals surface area (Å²) in [7, 11) is 1.39. The number of ether oxygens (including phenoxy) is 2. The predicted octanol–water partition coefficient (Wildman–Crippen LogP) is 4.68. The topological polar surface area (TPSA) is 85.7 Å². The van der Waals surface area contributed by atoms with Gasteiger partial charge in [0.1, 0.15) is 6.10 Å². The largest absolute Gasteiger partial charge is 0.503 e. The molecule has 0 aliphatic rings. The molecule has 0 spiro atoms. The van der Waals surface area contributed by atoms with Crippen molar-refractivity contribution in [1.29, 1.82) is 0 Å². The first-order valence-electron chi connectivity index (χ1n) is 10.2. The number of nitrogens with zero attached hydrogens (tertiary/aromatic N) is 1. The molecular formula is C24H31NO5. The van der Waals surface area contributed by atoms with E-state index in [-0.39, 0.29) is 41.6 Å². The van der Waals surface area contributed by atoms with E-state index < -0.39 is 17.7 Å². The summed E-state index contributed by atoms with van der Waals surface area (Å²) in [4.78, 5) is 29.1. The Bertz CT molecular complexity index is 876. The third-order valence-corrected chi connectivity index (χ3v) is 5.25. The molecule has 30 heavy (non-hydrogen) atoms. The van der Waals surface area contributed by atoms with E-state index in [4.69, 9.17) is 9.47 Å². The van der Waals surface area contributed by atoms with Crippen LogP contribution in [-0.4, -0.2) is 35.1 Å². The van der Waals surface area contributed by atoms with Gasteiger partial charge in [-0.3, -0.25) is 9.59 Å². The van der Waals surface area contributed by atoms with Gasteiger partial charge >= 0.3 is 5.97 Å². The van der Waals surface area contributed by atoms with Crippen molar-refractivity contribution in [2.75, 3.05) is 7.11 Å². The van der Waals surface area contributed by atoms with Gasteiger partial charge in [0, 0.05) is 24.6 Å². The van der Waals surface area contributed by atoms with Crippen molar-refractivity contribution in [1.82, 2.24) is 4.98 Å². The fourth-order valence-corrected chi connectivity index (χ4v) is 3.62.